The molecule has 0 fully saturated rings. The van der Waals surface area contributed by atoms with E-state index in [1.165, 1.54) is 0 Å². The van der Waals surface area contributed by atoms with Crippen LogP contribution in [-0.2, 0) is 4.79 Å². The Balaban J connectivity index is 2.06. The third-order valence-electron chi connectivity index (χ3n) is 3.48. The van der Waals surface area contributed by atoms with Gasteiger partial charge < -0.3 is 10.0 Å². The number of unbranched alkanes of at least 4 members (excludes halogenated alkanes) is 3. The summed E-state index contributed by atoms with van der Waals surface area (Å²) >= 11 is 0. The van der Waals surface area contributed by atoms with Crippen LogP contribution in [0.3, 0.4) is 0 Å². The highest BCUT2D eigenvalue weighted by Gasteiger charge is 2.36. The zero-order valence-electron chi connectivity index (χ0n) is 11.2. The van der Waals surface area contributed by atoms with Gasteiger partial charge in [-0.3, -0.25) is 9.59 Å². The van der Waals surface area contributed by atoms with Crippen LogP contribution < -0.4 is 4.90 Å². The summed E-state index contributed by atoms with van der Waals surface area (Å²) in [6.07, 6.45) is 3.56. The second kappa shape index (κ2) is 5.97. The van der Waals surface area contributed by atoms with Crippen LogP contribution in [0, 0.1) is 6.92 Å². The van der Waals surface area contributed by atoms with Gasteiger partial charge in [0.25, 0.3) is 11.7 Å². The Labute approximate surface area is 113 Å². The number of Topliss-reactive ketones (excluding diaryl/α,β-unsaturated/α-hetero) is 1. The van der Waals surface area contributed by atoms with Crippen molar-refractivity contribution < 1.29 is 14.7 Å². The first-order valence-electron chi connectivity index (χ1n) is 6.73. The number of carbonyl (C=O) groups excluding carboxylic acids is 2. The van der Waals surface area contributed by atoms with E-state index in [2.05, 4.69) is 0 Å². The average molecular weight is 261 g/mol. The number of fused-ring (bicyclic) bond motifs is 1. The minimum atomic E-state index is -0.411. The van der Waals surface area contributed by atoms with Crippen molar-refractivity contribution in [3.8, 4) is 0 Å². The smallest absolute Gasteiger partial charge is 0.299 e. The highest BCUT2D eigenvalue weighted by Crippen LogP contribution is 2.32. The molecule has 0 aliphatic carbocycles. The van der Waals surface area contributed by atoms with Gasteiger partial charge in [0.1, 0.15) is 0 Å². The van der Waals surface area contributed by atoms with Crippen LogP contribution in [0.1, 0.15) is 41.6 Å². The van der Waals surface area contributed by atoms with Gasteiger partial charge in [-0.1, -0.05) is 25.0 Å². The number of hydrogen-bond donors (Lipinski definition) is 1. The van der Waals surface area contributed by atoms with E-state index < -0.39 is 11.7 Å². The lowest BCUT2D eigenvalue weighted by Gasteiger charge is -2.18. The topological polar surface area (TPSA) is 57.6 Å². The van der Waals surface area contributed by atoms with Gasteiger partial charge in [-0.15, -0.1) is 0 Å². The number of nitrogens with zero attached hydrogens (tertiary/aromatic N) is 1. The van der Waals surface area contributed by atoms with E-state index in [9.17, 15) is 9.59 Å². The van der Waals surface area contributed by atoms with Gasteiger partial charge in [-0.05, 0) is 31.4 Å². The van der Waals surface area contributed by atoms with Crippen LogP contribution >= 0.6 is 0 Å². The van der Waals surface area contributed by atoms with Gasteiger partial charge >= 0.3 is 0 Å². The van der Waals surface area contributed by atoms with Crippen LogP contribution in [0.4, 0.5) is 5.69 Å². The molecule has 1 heterocycles. The maximum Gasteiger partial charge on any atom is 0.299 e. The number of ketones is 1. The Morgan fingerprint density at radius 2 is 1.84 bits per heavy atom. The molecule has 1 aromatic carbocycles. The maximum atomic E-state index is 12.0. The minimum Gasteiger partial charge on any atom is -0.396 e. The Bertz CT molecular complexity index is 496. The molecule has 0 saturated heterocycles. The Hall–Kier alpha value is -1.68. The van der Waals surface area contributed by atoms with E-state index in [0.717, 1.165) is 36.9 Å². The molecule has 0 bridgehead atoms. The van der Waals surface area contributed by atoms with E-state index in [4.69, 9.17) is 5.11 Å². The fourth-order valence-electron chi connectivity index (χ4n) is 2.49. The van der Waals surface area contributed by atoms with Gasteiger partial charge in [0.15, 0.2) is 0 Å². The van der Waals surface area contributed by atoms with E-state index in [1.807, 2.05) is 19.1 Å². The first-order chi connectivity index (χ1) is 9.16. The van der Waals surface area contributed by atoms with Gasteiger partial charge in [0.05, 0.1) is 11.3 Å². The Morgan fingerprint density at radius 3 is 2.58 bits per heavy atom. The third kappa shape index (κ3) is 2.68. The van der Waals surface area contributed by atoms with Crippen molar-refractivity contribution in [3.05, 3.63) is 29.3 Å². The normalized spacial score (nSPS) is 14.1. The standard InChI is InChI=1S/C15H19NO3/c1-11-7-6-8-12-13(11)16(15(19)14(12)18)9-4-2-3-5-10-17/h6-8,17H,2-5,9-10H2,1H3. The molecule has 0 atom stereocenters. The largest absolute Gasteiger partial charge is 0.396 e. The molecule has 1 N–H and O–H groups in total. The molecular weight excluding hydrogens is 242 g/mol. The molecule has 1 aliphatic heterocycles. The zero-order valence-corrected chi connectivity index (χ0v) is 11.2. The lowest BCUT2D eigenvalue weighted by Crippen LogP contribution is -2.31. The van der Waals surface area contributed by atoms with Crippen molar-refractivity contribution in [2.24, 2.45) is 0 Å². The number of amides is 1. The van der Waals surface area contributed by atoms with Crippen molar-refractivity contribution in [1.29, 1.82) is 0 Å². The molecule has 0 unspecified atom stereocenters. The number of aryl methyl sites for hydroxylation is 1. The van der Waals surface area contributed by atoms with E-state index >= 15 is 0 Å². The molecule has 19 heavy (non-hydrogen) atoms. The minimum absolute atomic E-state index is 0.211. The fraction of sp³-hybridized carbons (Fsp3) is 0.467. The predicted molar refractivity (Wildman–Crippen MR) is 73.4 cm³/mol. The predicted octanol–water partition coefficient (Wildman–Crippen LogP) is 2.08. The monoisotopic (exact) mass is 261 g/mol. The van der Waals surface area contributed by atoms with Crippen LogP contribution in [0.2, 0.25) is 0 Å². The molecule has 4 nitrogen and oxygen atoms in total. The molecule has 1 aromatic rings. The SMILES string of the molecule is Cc1cccc2c1N(CCCCCCO)C(=O)C2=O. The average Bonchev–Trinajstić information content (AvgIpc) is 2.65. The van der Waals surface area contributed by atoms with Crippen molar-refractivity contribution in [2.45, 2.75) is 32.6 Å². The summed E-state index contributed by atoms with van der Waals surface area (Å²) in [5, 5.41) is 8.71. The Morgan fingerprint density at radius 1 is 1.11 bits per heavy atom. The second-order valence-electron chi connectivity index (χ2n) is 4.89. The van der Waals surface area contributed by atoms with E-state index in [-0.39, 0.29) is 6.61 Å². The summed E-state index contributed by atoms with van der Waals surface area (Å²) in [6.45, 7) is 2.71. The Kier molecular flexibility index (Phi) is 4.32. The maximum absolute atomic E-state index is 12.0. The highest BCUT2D eigenvalue weighted by atomic mass is 16.3. The molecule has 0 saturated carbocycles. The lowest BCUT2D eigenvalue weighted by atomic mass is 10.1. The molecule has 102 valence electrons. The molecule has 1 aliphatic rings. The van der Waals surface area contributed by atoms with Gasteiger partial charge in [0.2, 0.25) is 0 Å². The third-order valence-corrected chi connectivity index (χ3v) is 3.48. The summed E-state index contributed by atoms with van der Waals surface area (Å²) in [4.78, 5) is 25.4. The fourth-order valence-corrected chi connectivity index (χ4v) is 2.49. The van der Waals surface area contributed by atoms with Crippen LogP contribution in [-0.4, -0.2) is 29.9 Å². The summed E-state index contributed by atoms with van der Waals surface area (Å²) in [5.41, 5.74) is 2.27. The van der Waals surface area contributed by atoms with E-state index in [0.29, 0.717) is 12.1 Å². The van der Waals surface area contributed by atoms with Gasteiger partial charge in [0, 0.05) is 13.2 Å². The quantitative estimate of drug-likeness (QED) is 0.630. The molecule has 0 spiro atoms. The van der Waals surface area contributed by atoms with E-state index in [1.54, 1.807) is 11.0 Å². The number of para-hydroxylation sites is 1. The number of benzene rings is 1. The first-order valence-corrected chi connectivity index (χ1v) is 6.73. The van der Waals surface area contributed by atoms with Gasteiger partial charge in [-0.25, -0.2) is 0 Å². The van der Waals surface area contributed by atoms with Crippen LogP contribution in [0.5, 0.6) is 0 Å². The molecular formula is C15H19NO3. The number of rotatable bonds is 6. The van der Waals surface area contributed by atoms with Crippen molar-refractivity contribution in [3.63, 3.8) is 0 Å². The highest BCUT2D eigenvalue weighted by molar-refractivity contribution is 6.52. The summed E-state index contributed by atoms with van der Waals surface area (Å²) in [5.74, 6) is -0.805. The number of aliphatic hydroxyl groups excluding tert-OH is 1. The number of aliphatic hydroxyl groups is 1. The first kappa shape index (κ1) is 13.7. The number of hydrogen-bond acceptors (Lipinski definition) is 3. The van der Waals surface area contributed by atoms with Crippen molar-refractivity contribution in [2.75, 3.05) is 18.1 Å². The van der Waals surface area contributed by atoms with Crippen LogP contribution in [0.15, 0.2) is 18.2 Å². The van der Waals surface area contributed by atoms with Crippen molar-refractivity contribution in [1.82, 2.24) is 0 Å². The molecule has 0 radical (unpaired) electrons. The van der Waals surface area contributed by atoms with Crippen LogP contribution in [0.25, 0.3) is 0 Å². The molecule has 1 amide bonds. The number of anilines is 1. The zero-order chi connectivity index (χ0) is 13.8. The molecule has 2 rings (SSSR count). The van der Waals surface area contributed by atoms with Crippen molar-refractivity contribution >= 4 is 17.4 Å². The lowest BCUT2D eigenvalue weighted by molar-refractivity contribution is -0.114. The van der Waals surface area contributed by atoms with Gasteiger partial charge in [-0.2, -0.15) is 0 Å². The molecule has 4 heteroatoms. The summed E-state index contributed by atoms with van der Waals surface area (Å²) in [7, 11) is 0. The second-order valence-corrected chi connectivity index (χ2v) is 4.89. The number of carbonyl (C=O) groups is 2. The summed E-state index contributed by atoms with van der Waals surface area (Å²) in [6, 6.07) is 5.45. The summed E-state index contributed by atoms with van der Waals surface area (Å²) < 4.78 is 0. The molecule has 0 aromatic heterocycles.